The van der Waals surface area contributed by atoms with E-state index in [0.717, 1.165) is 29.6 Å². The van der Waals surface area contributed by atoms with Crippen LogP contribution in [-0.4, -0.2) is 24.3 Å². The molecular weight excluding hydrogens is 242 g/mol. The largest absolute Gasteiger partial charge is 0.497 e. The van der Waals surface area contributed by atoms with E-state index in [1.54, 1.807) is 7.11 Å². The maximum atomic E-state index is 12.0. The Kier molecular flexibility index (Phi) is 4.10. The summed E-state index contributed by atoms with van der Waals surface area (Å²) in [5, 5.41) is 0.996. The van der Waals surface area contributed by atoms with Crippen molar-refractivity contribution in [3.05, 3.63) is 30.0 Å². The van der Waals surface area contributed by atoms with Gasteiger partial charge in [0.05, 0.1) is 13.7 Å². The molecule has 1 heterocycles. The maximum absolute atomic E-state index is 12.0. The zero-order chi connectivity index (χ0) is 13.8. The first-order valence-electron chi connectivity index (χ1n) is 6.55. The molecule has 1 aromatic carbocycles. The molecule has 19 heavy (non-hydrogen) atoms. The highest BCUT2D eigenvalue weighted by Crippen LogP contribution is 2.25. The minimum Gasteiger partial charge on any atom is -0.497 e. The lowest BCUT2D eigenvalue weighted by Gasteiger charge is -2.08. The van der Waals surface area contributed by atoms with Crippen molar-refractivity contribution >= 4 is 16.9 Å². The number of rotatable bonds is 5. The van der Waals surface area contributed by atoms with Gasteiger partial charge in [-0.05, 0) is 37.6 Å². The number of fused-ring (bicyclic) bond motifs is 1. The van der Waals surface area contributed by atoms with Crippen LogP contribution in [-0.2, 0) is 11.3 Å². The number of methoxy groups -OCH3 is 1. The van der Waals surface area contributed by atoms with Gasteiger partial charge in [-0.3, -0.25) is 0 Å². The van der Waals surface area contributed by atoms with Crippen LogP contribution in [0.3, 0.4) is 0 Å². The third kappa shape index (κ3) is 2.57. The summed E-state index contributed by atoms with van der Waals surface area (Å²) in [5.41, 5.74) is 1.64. The summed E-state index contributed by atoms with van der Waals surface area (Å²) in [7, 11) is 1.64. The molecule has 0 bridgehead atoms. The minimum absolute atomic E-state index is 0.272. The average Bonchev–Trinajstić information content (AvgIpc) is 2.77. The van der Waals surface area contributed by atoms with Gasteiger partial charge < -0.3 is 14.0 Å². The van der Waals surface area contributed by atoms with Crippen molar-refractivity contribution in [3.8, 4) is 5.75 Å². The highest BCUT2D eigenvalue weighted by atomic mass is 16.5. The molecule has 0 atom stereocenters. The first-order chi connectivity index (χ1) is 9.21. The van der Waals surface area contributed by atoms with Gasteiger partial charge in [0.25, 0.3) is 0 Å². The molecule has 0 N–H and O–H groups in total. The number of carbonyl (C=O) groups is 1. The van der Waals surface area contributed by atoms with Crippen LogP contribution in [0.1, 0.15) is 30.8 Å². The summed E-state index contributed by atoms with van der Waals surface area (Å²) in [4.78, 5) is 12.0. The Hall–Kier alpha value is -1.97. The number of benzene rings is 1. The van der Waals surface area contributed by atoms with Crippen molar-refractivity contribution in [1.82, 2.24) is 4.57 Å². The lowest BCUT2D eigenvalue weighted by molar-refractivity contribution is 0.0514. The van der Waals surface area contributed by atoms with Crippen LogP contribution >= 0.6 is 0 Å². The standard InChI is InChI=1S/C15H19NO3/c1-4-8-16-13-7-6-12(18-3)9-11(13)10-14(16)15(17)19-5-2/h6-7,9-10H,4-5,8H2,1-3H3. The first kappa shape index (κ1) is 13.5. The summed E-state index contributed by atoms with van der Waals surface area (Å²) in [5.74, 6) is 0.516. The molecule has 0 aliphatic rings. The molecule has 0 saturated heterocycles. The molecule has 0 fully saturated rings. The van der Waals surface area contributed by atoms with E-state index >= 15 is 0 Å². The van der Waals surface area contributed by atoms with Crippen LogP contribution in [0.25, 0.3) is 10.9 Å². The van der Waals surface area contributed by atoms with Gasteiger partial charge >= 0.3 is 5.97 Å². The van der Waals surface area contributed by atoms with Crippen molar-refractivity contribution in [2.45, 2.75) is 26.8 Å². The Bertz CT molecular complexity index is 586. The van der Waals surface area contributed by atoms with Crippen molar-refractivity contribution < 1.29 is 14.3 Å². The molecule has 0 aliphatic carbocycles. The summed E-state index contributed by atoms with van der Waals surface area (Å²) in [6.07, 6.45) is 0.961. The van der Waals surface area contributed by atoms with Crippen LogP contribution in [0.2, 0.25) is 0 Å². The van der Waals surface area contributed by atoms with E-state index in [2.05, 4.69) is 6.92 Å². The van der Waals surface area contributed by atoms with Gasteiger partial charge in [-0.15, -0.1) is 0 Å². The lowest BCUT2D eigenvalue weighted by atomic mass is 10.2. The van der Waals surface area contributed by atoms with Crippen molar-refractivity contribution in [2.24, 2.45) is 0 Å². The van der Waals surface area contributed by atoms with Crippen LogP contribution in [0.5, 0.6) is 5.75 Å². The zero-order valence-corrected chi connectivity index (χ0v) is 11.6. The predicted molar refractivity (Wildman–Crippen MR) is 74.7 cm³/mol. The SMILES string of the molecule is CCCn1c(C(=O)OCC)cc2cc(OC)ccc21. The maximum Gasteiger partial charge on any atom is 0.354 e. The number of hydrogen-bond donors (Lipinski definition) is 0. The predicted octanol–water partition coefficient (Wildman–Crippen LogP) is 3.24. The molecule has 0 spiro atoms. The molecule has 0 unspecified atom stereocenters. The lowest BCUT2D eigenvalue weighted by Crippen LogP contribution is -2.12. The van der Waals surface area contributed by atoms with E-state index in [1.807, 2.05) is 35.8 Å². The van der Waals surface area contributed by atoms with E-state index in [0.29, 0.717) is 12.3 Å². The first-order valence-corrected chi connectivity index (χ1v) is 6.55. The number of nitrogens with zero attached hydrogens (tertiary/aromatic N) is 1. The Morgan fingerprint density at radius 3 is 2.68 bits per heavy atom. The minimum atomic E-state index is -0.272. The number of carbonyl (C=O) groups excluding carboxylic acids is 1. The van der Waals surface area contributed by atoms with E-state index in [1.165, 1.54) is 0 Å². The Morgan fingerprint density at radius 2 is 2.05 bits per heavy atom. The molecule has 0 radical (unpaired) electrons. The molecule has 4 nitrogen and oxygen atoms in total. The van der Waals surface area contributed by atoms with Gasteiger partial charge in [0, 0.05) is 17.4 Å². The Labute approximate surface area is 112 Å². The number of aryl methyl sites for hydroxylation is 1. The van der Waals surface area contributed by atoms with Gasteiger partial charge in [0.1, 0.15) is 11.4 Å². The monoisotopic (exact) mass is 261 g/mol. The van der Waals surface area contributed by atoms with Gasteiger partial charge in [-0.25, -0.2) is 4.79 Å². The third-order valence-corrected chi connectivity index (χ3v) is 3.04. The van der Waals surface area contributed by atoms with E-state index in [4.69, 9.17) is 9.47 Å². The van der Waals surface area contributed by atoms with Gasteiger partial charge in [0.15, 0.2) is 0 Å². The highest BCUT2D eigenvalue weighted by molar-refractivity contribution is 5.96. The fourth-order valence-electron chi connectivity index (χ4n) is 2.21. The van der Waals surface area contributed by atoms with E-state index in [9.17, 15) is 4.79 Å². The molecule has 102 valence electrons. The fraction of sp³-hybridized carbons (Fsp3) is 0.400. The molecule has 0 aliphatic heterocycles. The number of esters is 1. The number of ether oxygens (including phenoxy) is 2. The van der Waals surface area contributed by atoms with Crippen molar-refractivity contribution in [1.29, 1.82) is 0 Å². The molecular formula is C15H19NO3. The molecule has 2 aromatic rings. The highest BCUT2D eigenvalue weighted by Gasteiger charge is 2.16. The second kappa shape index (κ2) is 5.78. The second-order valence-corrected chi connectivity index (χ2v) is 4.33. The second-order valence-electron chi connectivity index (χ2n) is 4.33. The molecule has 2 rings (SSSR count). The average molecular weight is 261 g/mol. The van der Waals surface area contributed by atoms with Gasteiger partial charge in [-0.1, -0.05) is 6.92 Å². The smallest absolute Gasteiger partial charge is 0.354 e. The Morgan fingerprint density at radius 1 is 1.26 bits per heavy atom. The summed E-state index contributed by atoms with van der Waals surface area (Å²) < 4.78 is 12.3. The molecule has 4 heteroatoms. The normalized spacial score (nSPS) is 10.7. The van der Waals surface area contributed by atoms with Crippen LogP contribution in [0, 0.1) is 0 Å². The van der Waals surface area contributed by atoms with Gasteiger partial charge in [0.2, 0.25) is 0 Å². The zero-order valence-electron chi connectivity index (χ0n) is 11.6. The molecule has 1 aromatic heterocycles. The fourth-order valence-corrected chi connectivity index (χ4v) is 2.21. The van der Waals surface area contributed by atoms with Crippen LogP contribution in [0.4, 0.5) is 0 Å². The quantitative estimate of drug-likeness (QED) is 0.776. The topological polar surface area (TPSA) is 40.5 Å². The van der Waals surface area contributed by atoms with Crippen LogP contribution < -0.4 is 4.74 Å². The van der Waals surface area contributed by atoms with Crippen LogP contribution in [0.15, 0.2) is 24.3 Å². The molecule has 0 amide bonds. The Balaban J connectivity index is 2.55. The number of aromatic nitrogens is 1. The van der Waals surface area contributed by atoms with Crippen molar-refractivity contribution in [2.75, 3.05) is 13.7 Å². The summed E-state index contributed by atoms with van der Waals surface area (Å²) >= 11 is 0. The summed E-state index contributed by atoms with van der Waals surface area (Å²) in [6.45, 7) is 5.08. The van der Waals surface area contributed by atoms with E-state index < -0.39 is 0 Å². The van der Waals surface area contributed by atoms with Gasteiger partial charge in [-0.2, -0.15) is 0 Å². The van der Waals surface area contributed by atoms with E-state index in [-0.39, 0.29) is 5.97 Å². The number of hydrogen-bond acceptors (Lipinski definition) is 3. The molecule has 0 saturated carbocycles. The summed E-state index contributed by atoms with van der Waals surface area (Å²) in [6, 6.07) is 7.69. The third-order valence-electron chi connectivity index (χ3n) is 3.04. The van der Waals surface area contributed by atoms with Crippen molar-refractivity contribution in [3.63, 3.8) is 0 Å².